The molecule has 2 aromatic rings. The molecule has 0 fully saturated rings. The van der Waals surface area contributed by atoms with E-state index < -0.39 is 4.92 Å². The highest BCUT2D eigenvalue weighted by Gasteiger charge is 2.20. The van der Waals surface area contributed by atoms with Gasteiger partial charge in [0.1, 0.15) is 6.20 Å². The fourth-order valence-corrected chi connectivity index (χ4v) is 2.20. The molecule has 0 spiro atoms. The van der Waals surface area contributed by atoms with Crippen molar-refractivity contribution in [2.24, 2.45) is 0 Å². The summed E-state index contributed by atoms with van der Waals surface area (Å²) in [5, 5.41) is 11.5. The first-order valence-corrected chi connectivity index (χ1v) is 7.19. The Labute approximate surface area is 137 Å². The van der Waals surface area contributed by atoms with Gasteiger partial charge in [0.2, 0.25) is 5.78 Å². The van der Waals surface area contributed by atoms with Crippen LogP contribution < -0.4 is 15.0 Å². The van der Waals surface area contributed by atoms with Gasteiger partial charge in [-0.15, -0.1) is 0 Å². The van der Waals surface area contributed by atoms with Crippen molar-refractivity contribution in [2.75, 3.05) is 12.3 Å². The molecule has 23 heavy (non-hydrogen) atoms. The second-order valence-electron chi connectivity index (χ2n) is 4.70. The lowest BCUT2D eigenvalue weighted by molar-refractivity contribution is -0.668. The van der Waals surface area contributed by atoms with Crippen LogP contribution in [0.1, 0.15) is 17.3 Å². The second kappa shape index (κ2) is 7.06. The first-order chi connectivity index (χ1) is 10.9. The zero-order chi connectivity index (χ0) is 17.0. The molecule has 8 heteroatoms. The highest BCUT2D eigenvalue weighted by Crippen LogP contribution is 2.28. The fourth-order valence-electron chi connectivity index (χ4n) is 2.02. The van der Waals surface area contributed by atoms with Gasteiger partial charge in [0.05, 0.1) is 16.6 Å². The molecule has 0 aliphatic rings. The summed E-state index contributed by atoms with van der Waals surface area (Å²) in [5.74, 6) is 0.169. The van der Waals surface area contributed by atoms with E-state index in [0.717, 1.165) is 0 Å². The molecular weight excluding hydrogens is 322 g/mol. The van der Waals surface area contributed by atoms with Crippen LogP contribution in [0.5, 0.6) is 5.75 Å². The topological polar surface area (TPSA) is 99.3 Å². The van der Waals surface area contributed by atoms with Crippen molar-refractivity contribution in [1.29, 1.82) is 0 Å². The molecule has 0 radical (unpaired) electrons. The minimum absolute atomic E-state index is 0.0719. The third-order valence-electron chi connectivity index (χ3n) is 3.12. The van der Waals surface area contributed by atoms with Gasteiger partial charge in [-0.05, 0) is 25.1 Å². The second-order valence-corrected chi connectivity index (χ2v) is 5.13. The Morgan fingerprint density at radius 2 is 2.13 bits per heavy atom. The summed E-state index contributed by atoms with van der Waals surface area (Å²) in [6.07, 6.45) is 1.53. The number of nitrogens with zero attached hydrogens (tertiary/aromatic N) is 2. The van der Waals surface area contributed by atoms with E-state index in [0.29, 0.717) is 17.4 Å². The molecule has 2 rings (SSSR count). The van der Waals surface area contributed by atoms with Gasteiger partial charge in [-0.2, -0.15) is 0 Å². The highest BCUT2D eigenvalue weighted by molar-refractivity contribution is 6.30. The number of Topliss-reactive ketones (excluding diaryl/α,β-unsaturated/α-hetero) is 1. The van der Waals surface area contributed by atoms with E-state index in [4.69, 9.17) is 22.1 Å². The maximum atomic E-state index is 12.3. The highest BCUT2D eigenvalue weighted by atomic mass is 35.5. The number of carbonyl (C=O) groups is 1. The van der Waals surface area contributed by atoms with E-state index in [1.165, 1.54) is 29.0 Å². The van der Waals surface area contributed by atoms with E-state index >= 15 is 0 Å². The summed E-state index contributed by atoms with van der Waals surface area (Å²) >= 11 is 5.88. The lowest BCUT2D eigenvalue weighted by Crippen LogP contribution is -2.40. The number of pyridine rings is 1. The number of ketones is 1. The zero-order valence-corrected chi connectivity index (χ0v) is 13.1. The molecule has 0 amide bonds. The number of benzene rings is 1. The molecule has 1 aromatic heterocycles. The molecule has 0 aliphatic carbocycles. The summed E-state index contributed by atoms with van der Waals surface area (Å²) in [4.78, 5) is 22.9. The Bertz CT molecular complexity index is 764. The average molecular weight is 337 g/mol. The van der Waals surface area contributed by atoms with Crippen LogP contribution in [-0.4, -0.2) is 17.3 Å². The van der Waals surface area contributed by atoms with Crippen LogP contribution in [-0.2, 0) is 6.54 Å². The minimum atomic E-state index is -0.581. The Balaban J connectivity index is 2.30. The molecule has 0 atom stereocenters. The van der Waals surface area contributed by atoms with E-state index in [2.05, 4.69) is 0 Å². The molecule has 1 heterocycles. The van der Waals surface area contributed by atoms with Gasteiger partial charge in [-0.1, -0.05) is 11.6 Å². The van der Waals surface area contributed by atoms with Crippen LogP contribution in [0.2, 0.25) is 5.02 Å². The van der Waals surface area contributed by atoms with E-state index in [1.54, 1.807) is 19.1 Å². The van der Waals surface area contributed by atoms with Crippen LogP contribution in [0.4, 0.5) is 11.5 Å². The number of nitrogen functional groups attached to an aromatic ring is 1. The smallest absolute Gasteiger partial charge is 0.311 e. The Kier molecular flexibility index (Phi) is 5.13. The van der Waals surface area contributed by atoms with Gasteiger partial charge in [0.15, 0.2) is 12.3 Å². The molecule has 0 saturated heterocycles. The number of halogens is 1. The van der Waals surface area contributed by atoms with Crippen molar-refractivity contribution in [3.8, 4) is 5.75 Å². The van der Waals surface area contributed by atoms with Gasteiger partial charge in [-0.25, -0.2) is 4.57 Å². The minimum Gasteiger partial charge on any atom is -0.487 e. The normalized spacial score (nSPS) is 10.3. The molecule has 1 aromatic carbocycles. The van der Waals surface area contributed by atoms with Gasteiger partial charge in [0, 0.05) is 17.7 Å². The van der Waals surface area contributed by atoms with Crippen LogP contribution in [0.3, 0.4) is 0 Å². The number of nitrogens with two attached hydrogens (primary N) is 1. The molecule has 2 N–H and O–H groups in total. The first-order valence-electron chi connectivity index (χ1n) is 6.81. The summed E-state index contributed by atoms with van der Waals surface area (Å²) in [6.45, 7) is 1.95. The van der Waals surface area contributed by atoms with Crippen molar-refractivity contribution in [3.63, 3.8) is 0 Å². The van der Waals surface area contributed by atoms with Gasteiger partial charge in [0.25, 0.3) is 5.82 Å². The largest absolute Gasteiger partial charge is 0.487 e. The standard InChI is InChI=1S/C15H14ClN3O4/c1-2-23-14-5-3-10(7-12(14)19(21)22)13(20)9-18-8-11(16)4-6-15(18)17/h3-8,17H,2,9H2,1H3/p+1. The average Bonchev–Trinajstić information content (AvgIpc) is 2.51. The molecule has 0 bridgehead atoms. The van der Waals surface area contributed by atoms with Crippen molar-refractivity contribution in [3.05, 3.63) is 57.2 Å². The Morgan fingerprint density at radius 1 is 1.39 bits per heavy atom. The number of ether oxygens (including phenoxy) is 1. The molecule has 120 valence electrons. The fraction of sp³-hybridized carbons (Fsp3) is 0.200. The number of hydrogen-bond acceptors (Lipinski definition) is 5. The van der Waals surface area contributed by atoms with Gasteiger partial charge >= 0.3 is 5.69 Å². The van der Waals surface area contributed by atoms with Crippen LogP contribution in [0.25, 0.3) is 0 Å². The van der Waals surface area contributed by atoms with Crippen molar-refractivity contribution < 1.29 is 19.0 Å². The SMILES string of the molecule is CCOc1ccc(C(=O)C[n+]2cc(Cl)ccc2N)cc1[N+](=O)[O-]. The lowest BCUT2D eigenvalue weighted by Gasteiger charge is -2.07. The summed E-state index contributed by atoms with van der Waals surface area (Å²) in [6, 6.07) is 7.30. The lowest BCUT2D eigenvalue weighted by atomic mass is 10.1. The maximum Gasteiger partial charge on any atom is 0.311 e. The molecule has 0 unspecified atom stereocenters. The number of aromatic nitrogens is 1. The zero-order valence-electron chi connectivity index (χ0n) is 12.4. The number of anilines is 1. The summed E-state index contributed by atoms with van der Waals surface area (Å²) in [5.41, 5.74) is 5.73. The van der Waals surface area contributed by atoms with E-state index in [1.807, 2.05) is 0 Å². The van der Waals surface area contributed by atoms with Gasteiger partial charge in [-0.3, -0.25) is 20.6 Å². The Morgan fingerprint density at radius 3 is 2.78 bits per heavy atom. The van der Waals surface area contributed by atoms with E-state index in [-0.39, 0.29) is 29.3 Å². The van der Waals surface area contributed by atoms with Crippen LogP contribution in [0, 0.1) is 10.1 Å². The third-order valence-corrected chi connectivity index (χ3v) is 3.34. The van der Waals surface area contributed by atoms with Crippen LogP contribution >= 0.6 is 11.6 Å². The number of rotatable bonds is 6. The molecule has 7 nitrogen and oxygen atoms in total. The summed E-state index contributed by atoms with van der Waals surface area (Å²) in [7, 11) is 0. The maximum absolute atomic E-state index is 12.3. The first kappa shape index (κ1) is 16.7. The van der Waals surface area contributed by atoms with Crippen LogP contribution in [0.15, 0.2) is 36.5 Å². The van der Waals surface area contributed by atoms with Crippen molar-refractivity contribution in [2.45, 2.75) is 13.5 Å². The quantitative estimate of drug-likeness (QED) is 0.378. The predicted molar refractivity (Wildman–Crippen MR) is 84.7 cm³/mol. The number of nitro benzene ring substituents is 1. The van der Waals surface area contributed by atoms with Gasteiger partial charge < -0.3 is 4.74 Å². The van der Waals surface area contributed by atoms with Crippen molar-refractivity contribution >= 4 is 28.9 Å². The monoisotopic (exact) mass is 336 g/mol. The summed E-state index contributed by atoms with van der Waals surface area (Å²) < 4.78 is 6.67. The molecule has 0 aliphatic heterocycles. The third kappa shape index (κ3) is 3.95. The number of nitro groups is 1. The molecular formula is C15H15ClN3O4+. The predicted octanol–water partition coefficient (Wildman–Crippen LogP) is 2.40. The van der Waals surface area contributed by atoms with E-state index in [9.17, 15) is 14.9 Å². The Hall–Kier alpha value is -2.67. The molecule has 0 saturated carbocycles. The number of carbonyl (C=O) groups excluding carboxylic acids is 1. The number of hydrogen-bond donors (Lipinski definition) is 1. The van der Waals surface area contributed by atoms with Crippen molar-refractivity contribution in [1.82, 2.24) is 0 Å².